The van der Waals surface area contributed by atoms with Gasteiger partial charge in [0.25, 0.3) is 0 Å². The fourth-order valence-electron chi connectivity index (χ4n) is 1.59. The Labute approximate surface area is 104 Å². The quantitative estimate of drug-likeness (QED) is 0.466. The van der Waals surface area contributed by atoms with Crippen LogP contribution in [0.25, 0.3) is 0 Å². The van der Waals surface area contributed by atoms with Crippen LogP contribution in [0.3, 0.4) is 0 Å². The predicted octanol–water partition coefficient (Wildman–Crippen LogP) is 1.44. The van der Waals surface area contributed by atoms with Gasteiger partial charge in [-0.15, -0.1) is 0 Å². The van der Waals surface area contributed by atoms with E-state index in [-0.39, 0.29) is 5.57 Å². The highest BCUT2D eigenvalue weighted by molar-refractivity contribution is 5.97. The molecular formula is C12H11N3O3. The van der Waals surface area contributed by atoms with E-state index in [1.54, 1.807) is 31.4 Å². The number of carbonyl (C=O) groups is 1. The standard InChI is InChI=1S/C12H11N3O3/c1-17-7-3-4-9-10(5-7)15-11(14-9)8(6-13)12(16)18-2/h3-5,14-15H,1-2H3/b11-8+. The molecule has 2 N–H and O–H groups in total. The van der Waals surface area contributed by atoms with Gasteiger partial charge in [0.2, 0.25) is 0 Å². The molecular weight excluding hydrogens is 234 g/mol. The molecule has 0 saturated heterocycles. The summed E-state index contributed by atoms with van der Waals surface area (Å²) >= 11 is 0. The fraction of sp³-hybridized carbons (Fsp3) is 0.167. The number of nitriles is 1. The maximum absolute atomic E-state index is 11.4. The molecule has 6 nitrogen and oxygen atoms in total. The number of fused-ring (bicyclic) bond motifs is 1. The summed E-state index contributed by atoms with van der Waals surface area (Å²) in [6.07, 6.45) is 0. The van der Waals surface area contributed by atoms with Gasteiger partial charge in [-0.05, 0) is 12.1 Å². The van der Waals surface area contributed by atoms with Crippen LogP contribution < -0.4 is 15.4 Å². The lowest BCUT2D eigenvalue weighted by Crippen LogP contribution is -2.12. The smallest absolute Gasteiger partial charge is 0.352 e. The summed E-state index contributed by atoms with van der Waals surface area (Å²) < 4.78 is 9.63. The minimum absolute atomic E-state index is 0.104. The number of anilines is 2. The molecule has 0 atom stereocenters. The summed E-state index contributed by atoms with van der Waals surface area (Å²) in [5.74, 6) is 0.306. The molecule has 18 heavy (non-hydrogen) atoms. The van der Waals surface area contributed by atoms with Crippen LogP contribution in [0.15, 0.2) is 29.6 Å². The van der Waals surface area contributed by atoms with E-state index in [2.05, 4.69) is 15.4 Å². The molecule has 1 heterocycles. The van der Waals surface area contributed by atoms with Crippen molar-refractivity contribution in [3.8, 4) is 11.8 Å². The first-order valence-corrected chi connectivity index (χ1v) is 5.14. The summed E-state index contributed by atoms with van der Waals surface area (Å²) in [5, 5.41) is 14.8. The van der Waals surface area contributed by atoms with Crippen molar-refractivity contribution in [3.63, 3.8) is 0 Å². The monoisotopic (exact) mass is 245 g/mol. The largest absolute Gasteiger partial charge is 0.497 e. The molecule has 0 radical (unpaired) electrons. The minimum Gasteiger partial charge on any atom is -0.497 e. The third-order valence-electron chi connectivity index (χ3n) is 2.50. The van der Waals surface area contributed by atoms with Crippen LogP contribution in [-0.2, 0) is 9.53 Å². The van der Waals surface area contributed by atoms with E-state index in [1.165, 1.54) is 7.11 Å². The Morgan fingerprint density at radius 3 is 2.61 bits per heavy atom. The zero-order valence-electron chi connectivity index (χ0n) is 9.90. The van der Waals surface area contributed by atoms with Gasteiger partial charge < -0.3 is 20.1 Å². The first-order valence-electron chi connectivity index (χ1n) is 5.14. The van der Waals surface area contributed by atoms with Gasteiger partial charge in [0.15, 0.2) is 5.57 Å². The Balaban J connectivity index is 2.37. The van der Waals surface area contributed by atoms with Gasteiger partial charge in [0, 0.05) is 6.07 Å². The lowest BCUT2D eigenvalue weighted by molar-refractivity contribution is -0.135. The number of benzene rings is 1. The first kappa shape index (κ1) is 11.8. The molecule has 0 saturated carbocycles. The summed E-state index contributed by atoms with van der Waals surface area (Å²) in [5.41, 5.74) is 1.40. The highest BCUT2D eigenvalue weighted by Gasteiger charge is 2.22. The Hall–Kier alpha value is -2.68. The number of ether oxygens (including phenoxy) is 2. The average Bonchev–Trinajstić information content (AvgIpc) is 2.81. The highest BCUT2D eigenvalue weighted by Crippen LogP contribution is 2.34. The molecule has 0 unspecified atom stereocenters. The second-order valence-electron chi connectivity index (χ2n) is 3.51. The Morgan fingerprint density at radius 2 is 2.00 bits per heavy atom. The predicted molar refractivity (Wildman–Crippen MR) is 64.9 cm³/mol. The van der Waals surface area contributed by atoms with E-state index in [0.717, 1.165) is 11.4 Å². The minimum atomic E-state index is -0.688. The second-order valence-corrected chi connectivity index (χ2v) is 3.51. The van der Waals surface area contributed by atoms with E-state index in [4.69, 9.17) is 10.00 Å². The molecule has 2 rings (SSSR count). The van der Waals surface area contributed by atoms with Gasteiger partial charge in [0.1, 0.15) is 17.6 Å². The highest BCUT2D eigenvalue weighted by atomic mass is 16.5. The van der Waals surface area contributed by atoms with Crippen LogP contribution in [-0.4, -0.2) is 20.2 Å². The van der Waals surface area contributed by atoms with Gasteiger partial charge in [-0.2, -0.15) is 5.26 Å². The van der Waals surface area contributed by atoms with Crippen molar-refractivity contribution in [2.45, 2.75) is 0 Å². The molecule has 92 valence electrons. The van der Waals surface area contributed by atoms with E-state index in [9.17, 15) is 4.79 Å². The van der Waals surface area contributed by atoms with Crippen molar-refractivity contribution in [2.75, 3.05) is 24.9 Å². The van der Waals surface area contributed by atoms with Crippen LogP contribution in [0.2, 0.25) is 0 Å². The van der Waals surface area contributed by atoms with E-state index in [0.29, 0.717) is 11.6 Å². The number of hydrogen-bond acceptors (Lipinski definition) is 6. The molecule has 1 aliphatic heterocycles. The molecule has 0 bridgehead atoms. The van der Waals surface area contributed by atoms with Crippen LogP contribution >= 0.6 is 0 Å². The SMILES string of the molecule is COC(=O)/C(C#N)=C1\Nc2ccc(OC)cc2N1. The number of methoxy groups -OCH3 is 2. The van der Waals surface area contributed by atoms with E-state index >= 15 is 0 Å². The average molecular weight is 245 g/mol. The molecule has 0 fully saturated rings. The number of hydrogen-bond donors (Lipinski definition) is 2. The van der Waals surface area contributed by atoms with Gasteiger partial charge in [-0.3, -0.25) is 0 Å². The van der Waals surface area contributed by atoms with Gasteiger partial charge in [-0.25, -0.2) is 4.79 Å². The third kappa shape index (κ3) is 1.94. The second kappa shape index (κ2) is 4.67. The molecule has 0 aliphatic carbocycles. The lowest BCUT2D eigenvalue weighted by Gasteiger charge is -2.02. The number of nitrogens with zero attached hydrogens (tertiary/aromatic N) is 1. The summed E-state index contributed by atoms with van der Waals surface area (Å²) in [6.45, 7) is 0. The van der Waals surface area contributed by atoms with Gasteiger partial charge >= 0.3 is 5.97 Å². The topological polar surface area (TPSA) is 83.4 Å². The molecule has 1 aromatic carbocycles. The molecule has 1 aromatic rings. The zero-order valence-corrected chi connectivity index (χ0v) is 9.90. The normalized spacial score (nSPS) is 14.7. The van der Waals surface area contributed by atoms with Crippen molar-refractivity contribution >= 4 is 17.3 Å². The molecule has 1 aliphatic rings. The maximum atomic E-state index is 11.4. The molecule has 0 amide bonds. The van der Waals surface area contributed by atoms with Crippen molar-refractivity contribution in [1.29, 1.82) is 5.26 Å². The number of nitrogens with one attached hydrogen (secondary N) is 2. The van der Waals surface area contributed by atoms with E-state index < -0.39 is 5.97 Å². The summed E-state index contributed by atoms with van der Waals surface area (Å²) in [4.78, 5) is 11.4. The Kier molecular flexibility index (Phi) is 3.06. The van der Waals surface area contributed by atoms with Crippen LogP contribution in [0.4, 0.5) is 11.4 Å². The van der Waals surface area contributed by atoms with Crippen molar-refractivity contribution in [3.05, 3.63) is 29.6 Å². The number of carbonyl (C=O) groups excluding carboxylic acids is 1. The number of esters is 1. The number of rotatable bonds is 2. The lowest BCUT2D eigenvalue weighted by atomic mass is 10.2. The molecule has 0 spiro atoms. The van der Waals surface area contributed by atoms with Crippen molar-refractivity contribution in [1.82, 2.24) is 0 Å². The van der Waals surface area contributed by atoms with Crippen LogP contribution in [0.5, 0.6) is 5.75 Å². The van der Waals surface area contributed by atoms with E-state index in [1.807, 2.05) is 0 Å². The van der Waals surface area contributed by atoms with Gasteiger partial charge in [0.05, 0.1) is 25.6 Å². The van der Waals surface area contributed by atoms with Gasteiger partial charge in [-0.1, -0.05) is 0 Å². The van der Waals surface area contributed by atoms with Crippen LogP contribution in [0.1, 0.15) is 0 Å². The van der Waals surface area contributed by atoms with Crippen LogP contribution in [0, 0.1) is 11.3 Å². The summed E-state index contributed by atoms with van der Waals surface area (Å²) in [7, 11) is 2.79. The molecule has 0 aromatic heterocycles. The molecule has 6 heteroatoms. The first-order chi connectivity index (χ1) is 8.69. The van der Waals surface area contributed by atoms with Crippen molar-refractivity contribution in [2.24, 2.45) is 0 Å². The Morgan fingerprint density at radius 1 is 1.28 bits per heavy atom. The summed E-state index contributed by atoms with van der Waals surface area (Å²) in [6, 6.07) is 7.14. The Bertz CT molecular complexity index is 572. The van der Waals surface area contributed by atoms with Crippen molar-refractivity contribution < 1.29 is 14.3 Å². The zero-order chi connectivity index (χ0) is 13.1. The maximum Gasteiger partial charge on any atom is 0.352 e. The third-order valence-corrected chi connectivity index (χ3v) is 2.50. The fourth-order valence-corrected chi connectivity index (χ4v) is 1.59.